The van der Waals surface area contributed by atoms with Crippen molar-refractivity contribution in [2.75, 3.05) is 0 Å². The SMILES string of the molecule is C=C(/C(=C\C)CC)c1ccccc1.CC.Cc1ccccc1. The van der Waals surface area contributed by atoms with Gasteiger partial charge in [0.15, 0.2) is 0 Å². The minimum Gasteiger partial charge on any atom is -0.0909 e. The highest BCUT2D eigenvalue weighted by molar-refractivity contribution is 5.76. The van der Waals surface area contributed by atoms with Crippen LogP contribution >= 0.6 is 0 Å². The van der Waals surface area contributed by atoms with E-state index in [1.54, 1.807) is 0 Å². The summed E-state index contributed by atoms with van der Waals surface area (Å²) in [6.07, 6.45) is 3.18. The number of hydrogen-bond acceptors (Lipinski definition) is 0. The number of allylic oxidation sites excluding steroid dienone is 3. The Bertz CT molecular complexity index is 533. The minimum absolute atomic E-state index is 1.05. The summed E-state index contributed by atoms with van der Waals surface area (Å²) in [5.74, 6) is 0. The van der Waals surface area contributed by atoms with Crippen LogP contribution in [-0.4, -0.2) is 0 Å². The van der Waals surface area contributed by atoms with Gasteiger partial charge in [0.05, 0.1) is 0 Å². The van der Waals surface area contributed by atoms with E-state index in [1.165, 1.54) is 16.7 Å². The first-order valence-electron chi connectivity index (χ1n) is 8.10. The van der Waals surface area contributed by atoms with Gasteiger partial charge in [-0.15, -0.1) is 0 Å². The van der Waals surface area contributed by atoms with Gasteiger partial charge in [-0.1, -0.05) is 99.7 Å². The van der Waals surface area contributed by atoms with Crippen LogP contribution < -0.4 is 0 Å². The molecule has 0 aromatic heterocycles. The average Bonchev–Trinajstić information content (AvgIpc) is 2.60. The summed E-state index contributed by atoms with van der Waals surface area (Å²) in [4.78, 5) is 0. The zero-order chi connectivity index (χ0) is 16.8. The monoisotopic (exact) mass is 294 g/mol. The van der Waals surface area contributed by atoms with Gasteiger partial charge in [-0.3, -0.25) is 0 Å². The fourth-order valence-electron chi connectivity index (χ4n) is 1.95. The third-order valence-corrected chi connectivity index (χ3v) is 3.18. The molecule has 2 aromatic rings. The quantitative estimate of drug-likeness (QED) is 0.531. The smallest absolute Gasteiger partial charge is 0.0187 e. The molecule has 0 saturated carbocycles. The number of benzene rings is 2. The molecule has 0 radical (unpaired) electrons. The second-order valence-electron chi connectivity index (χ2n) is 4.67. The van der Waals surface area contributed by atoms with Gasteiger partial charge in [0.1, 0.15) is 0 Å². The molecule has 0 heterocycles. The maximum absolute atomic E-state index is 4.10. The third kappa shape index (κ3) is 7.64. The van der Waals surface area contributed by atoms with Crippen LogP contribution in [0.1, 0.15) is 45.2 Å². The van der Waals surface area contributed by atoms with Crippen LogP contribution in [0, 0.1) is 6.92 Å². The molecule has 0 bridgehead atoms. The molecule has 2 aromatic carbocycles. The zero-order valence-corrected chi connectivity index (χ0v) is 14.8. The van der Waals surface area contributed by atoms with Crippen molar-refractivity contribution in [3.05, 3.63) is 90.0 Å². The van der Waals surface area contributed by atoms with Crippen molar-refractivity contribution >= 4 is 5.57 Å². The molecule has 0 amide bonds. The van der Waals surface area contributed by atoms with Crippen LogP contribution in [0.2, 0.25) is 0 Å². The van der Waals surface area contributed by atoms with E-state index in [1.807, 2.05) is 50.2 Å². The molecule has 0 atom stereocenters. The van der Waals surface area contributed by atoms with Gasteiger partial charge in [0, 0.05) is 0 Å². The topological polar surface area (TPSA) is 0 Å². The van der Waals surface area contributed by atoms with E-state index in [4.69, 9.17) is 0 Å². The van der Waals surface area contributed by atoms with Gasteiger partial charge in [-0.25, -0.2) is 0 Å². The molecule has 0 fully saturated rings. The highest BCUT2D eigenvalue weighted by Crippen LogP contribution is 2.22. The molecule has 0 aliphatic carbocycles. The lowest BCUT2D eigenvalue weighted by Gasteiger charge is -2.07. The van der Waals surface area contributed by atoms with E-state index in [2.05, 4.69) is 57.7 Å². The molecule has 0 aliphatic heterocycles. The summed E-state index contributed by atoms with van der Waals surface area (Å²) in [6, 6.07) is 20.6. The fourth-order valence-corrected chi connectivity index (χ4v) is 1.95. The molecule has 118 valence electrons. The normalized spacial score (nSPS) is 9.77. The van der Waals surface area contributed by atoms with E-state index in [0.717, 1.165) is 12.0 Å². The van der Waals surface area contributed by atoms with Gasteiger partial charge in [-0.05, 0) is 37.0 Å². The second kappa shape index (κ2) is 12.6. The first-order valence-corrected chi connectivity index (χ1v) is 8.10. The largest absolute Gasteiger partial charge is 0.0909 e. The lowest BCUT2D eigenvalue weighted by atomic mass is 9.98. The fraction of sp³-hybridized carbons (Fsp3) is 0.273. The maximum atomic E-state index is 4.10. The lowest BCUT2D eigenvalue weighted by molar-refractivity contribution is 1.15. The van der Waals surface area contributed by atoms with Crippen LogP contribution in [0.4, 0.5) is 0 Å². The standard InChI is InChI=1S/C13H16.C7H8.C2H6/c1-4-12(5-2)11(3)13-9-7-6-8-10-13;1-7-5-3-2-4-6-7;1-2/h4,6-10H,3,5H2,1-2H3;2-6H,1H3;1-2H3/b12-4-;;. The van der Waals surface area contributed by atoms with Crippen molar-refractivity contribution in [3.63, 3.8) is 0 Å². The summed E-state index contributed by atoms with van der Waals surface area (Å²) in [5.41, 5.74) is 5.01. The van der Waals surface area contributed by atoms with Crippen molar-refractivity contribution in [3.8, 4) is 0 Å². The summed E-state index contributed by atoms with van der Waals surface area (Å²) in [7, 11) is 0. The highest BCUT2D eigenvalue weighted by Gasteiger charge is 2.00. The van der Waals surface area contributed by atoms with Crippen LogP contribution in [0.15, 0.2) is 78.9 Å². The van der Waals surface area contributed by atoms with E-state index in [-0.39, 0.29) is 0 Å². The average molecular weight is 294 g/mol. The van der Waals surface area contributed by atoms with Crippen LogP contribution in [-0.2, 0) is 0 Å². The Labute approximate surface area is 137 Å². The summed E-state index contributed by atoms with van der Waals surface area (Å²) < 4.78 is 0. The molecule has 0 spiro atoms. The van der Waals surface area contributed by atoms with Crippen LogP contribution in [0.3, 0.4) is 0 Å². The van der Waals surface area contributed by atoms with Crippen molar-refractivity contribution in [1.82, 2.24) is 0 Å². The Morgan fingerprint density at radius 3 is 1.68 bits per heavy atom. The van der Waals surface area contributed by atoms with Gasteiger partial charge >= 0.3 is 0 Å². The predicted molar refractivity (Wildman–Crippen MR) is 102 cm³/mol. The number of rotatable bonds is 3. The van der Waals surface area contributed by atoms with Crippen molar-refractivity contribution < 1.29 is 0 Å². The molecule has 0 unspecified atom stereocenters. The van der Waals surface area contributed by atoms with E-state index < -0.39 is 0 Å². The Hall–Kier alpha value is -2.08. The first kappa shape index (κ1) is 19.9. The lowest BCUT2D eigenvalue weighted by Crippen LogP contribution is -1.86. The Balaban J connectivity index is 0.000000412. The van der Waals surface area contributed by atoms with E-state index in [9.17, 15) is 0 Å². The third-order valence-electron chi connectivity index (χ3n) is 3.18. The number of hydrogen-bond donors (Lipinski definition) is 0. The minimum atomic E-state index is 1.05. The predicted octanol–water partition coefficient (Wildman–Crippen LogP) is 7.08. The van der Waals surface area contributed by atoms with Crippen LogP contribution in [0.5, 0.6) is 0 Å². The first-order chi connectivity index (χ1) is 10.7. The summed E-state index contributed by atoms with van der Waals surface area (Å²) >= 11 is 0. The molecule has 2 rings (SSSR count). The Morgan fingerprint density at radius 2 is 1.36 bits per heavy atom. The molecular formula is C22H30. The molecule has 0 aliphatic rings. The number of aryl methyl sites for hydroxylation is 1. The molecule has 0 saturated heterocycles. The van der Waals surface area contributed by atoms with Crippen molar-refractivity contribution in [2.24, 2.45) is 0 Å². The molecular weight excluding hydrogens is 264 g/mol. The Morgan fingerprint density at radius 1 is 0.909 bits per heavy atom. The second-order valence-corrected chi connectivity index (χ2v) is 4.67. The summed E-state index contributed by atoms with van der Waals surface area (Å²) in [6.45, 7) is 14.4. The van der Waals surface area contributed by atoms with E-state index >= 15 is 0 Å². The van der Waals surface area contributed by atoms with Gasteiger partial charge in [0.2, 0.25) is 0 Å². The molecule has 0 N–H and O–H groups in total. The highest BCUT2D eigenvalue weighted by atomic mass is 14.1. The molecule has 0 nitrogen and oxygen atoms in total. The van der Waals surface area contributed by atoms with Gasteiger partial charge in [-0.2, -0.15) is 0 Å². The zero-order valence-electron chi connectivity index (χ0n) is 14.8. The Kier molecular flexibility index (Phi) is 11.4. The molecule has 0 heteroatoms. The maximum Gasteiger partial charge on any atom is -0.0187 e. The summed E-state index contributed by atoms with van der Waals surface area (Å²) in [5, 5.41) is 0. The van der Waals surface area contributed by atoms with Gasteiger partial charge in [0.25, 0.3) is 0 Å². The van der Waals surface area contributed by atoms with E-state index in [0.29, 0.717) is 0 Å². The van der Waals surface area contributed by atoms with Crippen molar-refractivity contribution in [1.29, 1.82) is 0 Å². The van der Waals surface area contributed by atoms with Crippen molar-refractivity contribution in [2.45, 2.75) is 41.0 Å². The van der Waals surface area contributed by atoms with Crippen LogP contribution in [0.25, 0.3) is 5.57 Å². The molecule has 22 heavy (non-hydrogen) atoms. The van der Waals surface area contributed by atoms with Gasteiger partial charge < -0.3 is 0 Å².